The zero-order valence-electron chi connectivity index (χ0n) is 14.0. The summed E-state index contributed by atoms with van der Waals surface area (Å²) in [5, 5.41) is 2.49. The first-order chi connectivity index (χ1) is 12.7. The van der Waals surface area contributed by atoms with E-state index in [9.17, 15) is 22.8 Å². The van der Waals surface area contributed by atoms with Crippen molar-refractivity contribution in [1.82, 2.24) is 4.98 Å². The summed E-state index contributed by atoms with van der Waals surface area (Å²) in [6.07, 6.45) is -4.52. The Kier molecular flexibility index (Phi) is 5.13. The van der Waals surface area contributed by atoms with Gasteiger partial charge >= 0.3 is 6.18 Å². The number of hydrogen-bond acceptors (Lipinski definition) is 5. The molecule has 0 aliphatic rings. The van der Waals surface area contributed by atoms with Crippen LogP contribution < -0.4 is 10.1 Å². The van der Waals surface area contributed by atoms with Crippen molar-refractivity contribution >= 4 is 38.4 Å². The monoisotopic (exact) mass is 394 g/mol. The van der Waals surface area contributed by atoms with E-state index in [2.05, 4.69) is 10.3 Å². The summed E-state index contributed by atoms with van der Waals surface area (Å²) in [5.74, 6) is -0.259. The fourth-order valence-electron chi connectivity index (χ4n) is 2.32. The van der Waals surface area contributed by atoms with Crippen LogP contribution >= 0.6 is 11.3 Å². The summed E-state index contributed by atoms with van der Waals surface area (Å²) < 4.78 is 44.7. The summed E-state index contributed by atoms with van der Waals surface area (Å²) in [4.78, 5) is 27.1. The van der Waals surface area contributed by atoms with E-state index in [-0.39, 0.29) is 23.0 Å². The van der Waals surface area contributed by atoms with E-state index in [1.807, 2.05) is 0 Å². The molecule has 2 aromatic carbocycles. The second-order valence-corrected chi connectivity index (χ2v) is 6.62. The van der Waals surface area contributed by atoms with E-state index in [1.54, 1.807) is 24.3 Å². The standard InChI is InChI=1S/C18H13F3N2O3S/c1-10(24)11-5-7-12(8-6-11)26-9-15(25)22-17-23-16-13(18(19,20)21)3-2-4-14(16)27-17/h2-8H,9H2,1H3,(H,22,23,25). The number of hydrogen-bond donors (Lipinski definition) is 1. The Hall–Kier alpha value is -2.94. The Labute approximate surface area is 155 Å². The summed E-state index contributed by atoms with van der Waals surface area (Å²) in [6, 6.07) is 9.99. The number of ketones is 1. The molecule has 1 amide bonds. The van der Waals surface area contributed by atoms with Crippen LogP contribution in [0.5, 0.6) is 5.75 Å². The van der Waals surface area contributed by atoms with Gasteiger partial charge in [0.25, 0.3) is 5.91 Å². The number of amides is 1. The Balaban J connectivity index is 1.66. The quantitative estimate of drug-likeness (QED) is 0.646. The molecule has 1 aromatic heterocycles. The highest BCUT2D eigenvalue weighted by Gasteiger charge is 2.33. The van der Waals surface area contributed by atoms with Crippen LogP contribution in [0, 0.1) is 0 Å². The number of aromatic nitrogens is 1. The molecule has 9 heteroatoms. The van der Waals surface area contributed by atoms with Crippen LogP contribution in [0.2, 0.25) is 0 Å². The SMILES string of the molecule is CC(=O)c1ccc(OCC(=O)Nc2nc3c(C(F)(F)F)cccc3s2)cc1. The van der Waals surface area contributed by atoms with Crippen molar-refractivity contribution in [3.63, 3.8) is 0 Å². The van der Waals surface area contributed by atoms with Crippen molar-refractivity contribution in [2.24, 2.45) is 0 Å². The first-order valence-electron chi connectivity index (χ1n) is 7.74. The first kappa shape index (κ1) is 18.8. The van der Waals surface area contributed by atoms with Gasteiger partial charge in [-0.1, -0.05) is 17.4 Å². The lowest BCUT2D eigenvalue weighted by Crippen LogP contribution is -2.20. The Morgan fingerprint density at radius 1 is 1.15 bits per heavy atom. The lowest BCUT2D eigenvalue weighted by Gasteiger charge is -2.06. The zero-order chi connectivity index (χ0) is 19.6. The number of thiazole rings is 1. The average Bonchev–Trinajstić information content (AvgIpc) is 3.01. The van der Waals surface area contributed by atoms with Crippen LogP contribution in [0.25, 0.3) is 10.2 Å². The minimum absolute atomic E-state index is 0.0576. The molecular weight excluding hydrogens is 381 g/mol. The Morgan fingerprint density at radius 3 is 2.48 bits per heavy atom. The van der Waals surface area contributed by atoms with Crippen molar-refractivity contribution in [1.29, 1.82) is 0 Å². The van der Waals surface area contributed by atoms with E-state index in [4.69, 9.17) is 4.74 Å². The molecule has 0 saturated heterocycles. The van der Waals surface area contributed by atoms with Gasteiger partial charge in [-0.3, -0.25) is 14.9 Å². The highest BCUT2D eigenvalue weighted by molar-refractivity contribution is 7.22. The summed E-state index contributed by atoms with van der Waals surface area (Å²) in [6.45, 7) is 1.09. The number of Topliss-reactive ketones (excluding diaryl/α,β-unsaturated/α-hetero) is 1. The fourth-order valence-corrected chi connectivity index (χ4v) is 3.23. The predicted octanol–water partition coefficient (Wildman–Crippen LogP) is 4.54. The van der Waals surface area contributed by atoms with Gasteiger partial charge in [0.05, 0.1) is 15.8 Å². The first-order valence-corrected chi connectivity index (χ1v) is 8.56. The molecule has 0 fully saturated rings. The molecule has 3 aromatic rings. The van der Waals surface area contributed by atoms with Gasteiger partial charge in [0.1, 0.15) is 5.75 Å². The van der Waals surface area contributed by atoms with Gasteiger partial charge in [0.2, 0.25) is 0 Å². The topological polar surface area (TPSA) is 68.3 Å². The fraction of sp³-hybridized carbons (Fsp3) is 0.167. The lowest BCUT2D eigenvalue weighted by molar-refractivity contribution is -0.136. The number of benzene rings is 2. The summed E-state index contributed by atoms with van der Waals surface area (Å²) in [5.41, 5.74) is -0.536. The lowest BCUT2D eigenvalue weighted by atomic mass is 10.1. The largest absolute Gasteiger partial charge is 0.484 e. The number of ether oxygens (including phenoxy) is 1. The van der Waals surface area contributed by atoms with Crippen LogP contribution in [0.15, 0.2) is 42.5 Å². The van der Waals surface area contributed by atoms with E-state index in [0.29, 0.717) is 16.0 Å². The van der Waals surface area contributed by atoms with Crippen molar-refractivity contribution < 1.29 is 27.5 Å². The van der Waals surface area contributed by atoms with Crippen LogP contribution in [0.4, 0.5) is 18.3 Å². The molecule has 3 rings (SSSR count). The number of halogens is 3. The molecule has 1 N–H and O–H groups in total. The molecule has 0 unspecified atom stereocenters. The molecule has 0 radical (unpaired) electrons. The molecule has 5 nitrogen and oxygen atoms in total. The van der Waals surface area contributed by atoms with Crippen LogP contribution in [-0.4, -0.2) is 23.3 Å². The van der Waals surface area contributed by atoms with Gasteiger partial charge in [-0.15, -0.1) is 0 Å². The van der Waals surface area contributed by atoms with Gasteiger partial charge < -0.3 is 4.74 Å². The average molecular weight is 394 g/mol. The normalized spacial score (nSPS) is 11.4. The van der Waals surface area contributed by atoms with Gasteiger partial charge in [-0.2, -0.15) is 13.2 Å². The molecule has 1 heterocycles. The molecule has 0 aliphatic carbocycles. The van der Waals surface area contributed by atoms with Crippen molar-refractivity contribution in [3.05, 3.63) is 53.6 Å². The van der Waals surface area contributed by atoms with E-state index < -0.39 is 17.6 Å². The van der Waals surface area contributed by atoms with Crippen LogP contribution in [0.3, 0.4) is 0 Å². The van der Waals surface area contributed by atoms with E-state index in [1.165, 1.54) is 19.1 Å². The van der Waals surface area contributed by atoms with Crippen LogP contribution in [0.1, 0.15) is 22.8 Å². The molecular formula is C18H13F3N2O3S. The Morgan fingerprint density at radius 2 is 1.85 bits per heavy atom. The van der Waals surface area contributed by atoms with Gasteiger partial charge in [-0.25, -0.2) is 4.98 Å². The van der Waals surface area contributed by atoms with Gasteiger partial charge in [0.15, 0.2) is 17.5 Å². The number of nitrogens with one attached hydrogen (secondary N) is 1. The molecule has 0 saturated carbocycles. The summed E-state index contributed by atoms with van der Waals surface area (Å²) >= 11 is 0.947. The predicted molar refractivity (Wildman–Crippen MR) is 95.2 cm³/mol. The number of carbonyl (C=O) groups is 2. The number of rotatable bonds is 5. The maximum absolute atomic E-state index is 13.0. The number of nitrogens with zero attached hydrogens (tertiary/aromatic N) is 1. The van der Waals surface area contributed by atoms with Crippen molar-refractivity contribution in [3.8, 4) is 5.75 Å². The van der Waals surface area contributed by atoms with E-state index in [0.717, 1.165) is 17.4 Å². The van der Waals surface area contributed by atoms with Crippen molar-refractivity contribution in [2.45, 2.75) is 13.1 Å². The zero-order valence-corrected chi connectivity index (χ0v) is 14.8. The second kappa shape index (κ2) is 7.36. The maximum atomic E-state index is 13.0. The number of alkyl halides is 3. The van der Waals surface area contributed by atoms with Gasteiger partial charge in [0, 0.05) is 5.56 Å². The number of carbonyl (C=O) groups excluding carboxylic acids is 2. The molecule has 0 bridgehead atoms. The smallest absolute Gasteiger partial charge is 0.418 e. The maximum Gasteiger partial charge on any atom is 0.418 e. The van der Waals surface area contributed by atoms with Gasteiger partial charge in [-0.05, 0) is 43.3 Å². The molecule has 0 spiro atoms. The second-order valence-electron chi connectivity index (χ2n) is 5.59. The van der Waals surface area contributed by atoms with E-state index >= 15 is 0 Å². The third kappa shape index (κ3) is 4.43. The highest BCUT2D eigenvalue weighted by atomic mass is 32.1. The molecule has 27 heavy (non-hydrogen) atoms. The third-order valence-electron chi connectivity index (χ3n) is 3.60. The Bertz CT molecular complexity index is 997. The number of para-hydroxylation sites is 1. The minimum Gasteiger partial charge on any atom is -0.484 e. The van der Waals surface area contributed by atoms with Crippen LogP contribution in [-0.2, 0) is 11.0 Å². The molecule has 140 valence electrons. The molecule has 0 aliphatic heterocycles. The number of fused-ring (bicyclic) bond motifs is 1. The highest BCUT2D eigenvalue weighted by Crippen LogP contribution is 2.37. The third-order valence-corrected chi connectivity index (χ3v) is 4.54. The molecule has 0 atom stereocenters. The summed E-state index contributed by atoms with van der Waals surface area (Å²) in [7, 11) is 0. The number of anilines is 1. The van der Waals surface area contributed by atoms with Crippen molar-refractivity contribution in [2.75, 3.05) is 11.9 Å². The minimum atomic E-state index is -4.52.